The van der Waals surface area contributed by atoms with Crippen LogP contribution in [0.5, 0.6) is 0 Å². The molecular weight excluding hydrogens is 552 g/mol. The number of hydrogen-bond donors (Lipinski definition) is 0. The summed E-state index contributed by atoms with van der Waals surface area (Å²) >= 11 is 0. The Labute approximate surface area is 259 Å². The molecule has 0 unspecified atom stereocenters. The Morgan fingerprint density at radius 1 is 0.614 bits per heavy atom. The lowest BCUT2D eigenvalue weighted by Crippen LogP contribution is -2.51. The fraction of sp³-hybridized carbons (Fsp3) is 0.324. The third-order valence-electron chi connectivity index (χ3n) is 8.40. The standard InChI is InChI=1S/C37H40N2O5/c1-2-41-37(40)39-24-32-33(38(39)23-28-15-7-3-8-16-28)35(43-26-30-19-11-5-12-20-30)36(44-27-31-21-13-6-14-22-31)34(32)42-25-29-17-9-4-10-18-29/h3-22,32-36H,2,23-27H2,1H3/t32-,33+,34+,35-,36-/m0/s1. The molecule has 4 aromatic carbocycles. The van der Waals surface area contributed by atoms with Gasteiger partial charge in [-0.3, -0.25) is 0 Å². The van der Waals surface area contributed by atoms with E-state index in [2.05, 4.69) is 53.5 Å². The summed E-state index contributed by atoms with van der Waals surface area (Å²) in [6, 6.07) is 40.6. The quantitative estimate of drug-likeness (QED) is 0.184. The summed E-state index contributed by atoms with van der Waals surface area (Å²) in [7, 11) is 0. The number of benzene rings is 4. The van der Waals surface area contributed by atoms with Gasteiger partial charge in [0.05, 0.1) is 38.6 Å². The highest BCUT2D eigenvalue weighted by Gasteiger charge is 2.61. The fourth-order valence-corrected chi connectivity index (χ4v) is 6.37. The van der Waals surface area contributed by atoms with Crippen LogP contribution in [0.3, 0.4) is 0 Å². The Kier molecular flexibility index (Phi) is 10.00. The molecule has 5 atom stereocenters. The van der Waals surface area contributed by atoms with Gasteiger partial charge in [0.15, 0.2) is 0 Å². The highest BCUT2D eigenvalue weighted by Crippen LogP contribution is 2.44. The van der Waals surface area contributed by atoms with Crippen LogP contribution in [0.25, 0.3) is 0 Å². The largest absolute Gasteiger partial charge is 0.449 e. The smallest absolute Gasteiger partial charge is 0.424 e. The molecule has 1 amide bonds. The number of carbonyl (C=O) groups excluding carboxylic acids is 1. The molecule has 1 saturated carbocycles. The number of fused-ring (bicyclic) bond motifs is 1. The number of rotatable bonds is 12. The number of amides is 1. The van der Waals surface area contributed by atoms with Gasteiger partial charge in [-0.1, -0.05) is 121 Å². The first-order valence-electron chi connectivity index (χ1n) is 15.4. The molecule has 1 saturated heterocycles. The fourth-order valence-electron chi connectivity index (χ4n) is 6.37. The van der Waals surface area contributed by atoms with Gasteiger partial charge in [0.2, 0.25) is 0 Å². The van der Waals surface area contributed by atoms with E-state index in [4.69, 9.17) is 18.9 Å². The molecule has 1 aliphatic carbocycles. The van der Waals surface area contributed by atoms with Crippen molar-refractivity contribution in [2.75, 3.05) is 13.2 Å². The van der Waals surface area contributed by atoms with Crippen molar-refractivity contribution in [1.29, 1.82) is 0 Å². The summed E-state index contributed by atoms with van der Waals surface area (Å²) in [5, 5.41) is 3.87. The average molecular weight is 593 g/mol. The van der Waals surface area contributed by atoms with Crippen molar-refractivity contribution in [1.82, 2.24) is 10.0 Å². The van der Waals surface area contributed by atoms with Gasteiger partial charge in [-0.2, -0.15) is 0 Å². The van der Waals surface area contributed by atoms with Crippen LogP contribution in [-0.2, 0) is 45.3 Å². The second kappa shape index (κ2) is 14.6. The van der Waals surface area contributed by atoms with Gasteiger partial charge in [-0.25, -0.2) is 14.8 Å². The molecule has 1 heterocycles. The Morgan fingerprint density at radius 2 is 1.05 bits per heavy atom. The van der Waals surface area contributed by atoms with Crippen LogP contribution < -0.4 is 0 Å². The Balaban J connectivity index is 1.35. The molecule has 4 aromatic rings. The molecular formula is C37H40N2O5. The van der Waals surface area contributed by atoms with Crippen molar-refractivity contribution in [2.24, 2.45) is 5.92 Å². The maximum atomic E-state index is 13.4. The van der Waals surface area contributed by atoms with E-state index >= 15 is 0 Å². The Bertz CT molecular complexity index is 1440. The lowest BCUT2D eigenvalue weighted by atomic mass is 10.0. The van der Waals surface area contributed by atoms with Crippen LogP contribution in [0.2, 0.25) is 0 Å². The van der Waals surface area contributed by atoms with Crippen molar-refractivity contribution in [3.05, 3.63) is 144 Å². The minimum atomic E-state index is -0.368. The Morgan fingerprint density at radius 3 is 1.52 bits per heavy atom. The van der Waals surface area contributed by atoms with Crippen molar-refractivity contribution < 1.29 is 23.7 Å². The van der Waals surface area contributed by atoms with Crippen molar-refractivity contribution in [3.8, 4) is 0 Å². The molecule has 7 heteroatoms. The van der Waals surface area contributed by atoms with Crippen LogP contribution in [-0.4, -0.2) is 53.6 Å². The second-order valence-electron chi connectivity index (χ2n) is 11.3. The first-order valence-corrected chi connectivity index (χ1v) is 15.4. The van der Waals surface area contributed by atoms with Crippen LogP contribution in [0.1, 0.15) is 29.2 Å². The van der Waals surface area contributed by atoms with E-state index < -0.39 is 0 Å². The van der Waals surface area contributed by atoms with Gasteiger partial charge in [0, 0.05) is 19.0 Å². The van der Waals surface area contributed by atoms with Crippen LogP contribution in [0.15, 0.2) is 121 Å². The minimum absolute atomic E-state index is 0.0617. The maximum absolute atomic E-state index is 13.4. The highest BCUT2D eigenvalue weighted by atomic mass is 16.6. The lowest BCUT2D eigenvalue weighted by Gasteiger charge is -2.36. The first-order chi connectivity index (χ1) is 21.7. The number of ether oxygens (including phenoxy) is 4. The average Bonchev–Trinajstić information content (AvgIpc) is 3.58. The van der Waals surface area contributed by atoms with Gasteiger partial charge >= 0.3 is 6.09 Å². The molecule has 0 aromatic heterocycles. The summed E-state index contributed by atoms with van der Waals surface area (Å²) in [6.45, 7) is 4.40. The summed E-state index contributed by atoms with van der Waals surface area (Å²) in [6.07, 6.45) is -1.40. The predicted molar refractivity (Wildman–Crippen MR) is 168 cm³/mol. The van der Waals surface area contributed by atoms with Gasteiger partial charge in [0.25, 0.3) is 0 Å². The monoisotopic (exact) mass is 592 g/mol. The Hall–Kier alpha value is -4.01. The topological polar surface area (TPSA) is 60.5 Å². The number of hydrazine groups is 1. The molecule has 0 spiro atoms. The SMILES string of the molecule is CCOC(=O)N1C[C@@H]2[C@@H](OCc3ccccc3)[C@H](OCc3ccccc3)[C@@H](OCc3ccccc3)[C@@H]2N1Cc1ccccc1. The van der Waals surface area contributed by atoms with E-state index in [1.807, 2.05) is 79.7 Å². The second-order valence-corrected chi connectivity index (χ2v) is 11.3. The summed E-state index contributed by atoms with van der Waals surface area (Å²) in [5.41, 5.74) is 4.34. The van der Waals surface area contributed by atoms with Crippen LogP contribution in [0, 0.1) is 5.92 Å². The predicted octanol–water partition coefficient (Wildman–Crippen LogP) is 6.63. The van der Waals surface area contributed by atoms with E-state index in [0.29, 0.717) is 39.5 Å². The molecule has 6 rings (SSSR count). The molecule has 0 bridgehead atoms. The highest BCUT2D eigenvalue weighted by molar-refractivity contribution is 5.67. The third kappa shape index (κ3) is 7.03. The van der Waals surface area contributed by atoms with E-state index in [9.17, 15) is 4.79 Å². The zero-order valence-corrected chi connectivity index (χ0v) is 25.1. The lowest BCUT2D eigenvalue weighted by molar-refractivity contribution is -0.147. The molecule has 0 N–H and O–H groups in total. The summed E-state index contributed by atoms with van der Waals surface area (Å²) in [4.78, 5) is 13.4. The van der Waals surface area contributed by atoms with E-state index in [0.717, 1.165) is 22.3 Å². The van der Waals surface area contributed by atoms with Gasteiger partial charge in [-0.05, 0) is 29.2 Å². The van der Waals surface area contributed by atoms with Gasteiger partial charge in [-0.15, -0.1) is 0 Å². The molecule has 228 valence electrons. The molecule has 2 aliphatic rings. The zero-order chi connectivity index (χ0) is 30.1. The molecule has 2 fully saturated rings. The van der Waals surface area contributed by atoms with Crippen molar-refractivity contribution >= 4 is 6.09 Å². The van der Waals surface area contributed by atoms with Crippen LogP contribution in [0.4, 0.5) is 4.79 Å². The minimum Gasteiger partial charge on any atom is -0.449 e. The number of carbonyl (C=O) groups is 1. The van der Waals surface area contributed by atoms with E-state index in [1.54, 1.807) is 5.01 Å². The van der Waals surface area contributed by atoms with Crippen molar-refractivity contribution in [2.45, 2.75) is 57.6 Å². The van der Waals surface area contributed by atoms with Gasteiger partial charge < -0.3 is 18.9 Å². The molecule has 7 nitrogen and oxygen atoms in total. The van der Waals surface area contributed by atoms with E-state index in [1.165, 1.54) is 0 Å². The van der Waals surface area contributed by atoms with Crippen LogP contribution >= 0.6 is 0 Å². The third-order valence-corrected chi connectivity index (χ3v) is 8.40. The molecule has 44 heavy (non-hydrogen) atoms. The molecule has 0 radical (unpaired) electrons. The number of nitrogens with zero attached hydrogens (tertiary/aromatic N) is 2. The number of hydrogen-bond acceptors (Lipinski definition) is 6. The first kappa shape index (κ1) is 30.0. The zero-order valence-electron chi connectivity index (χ0n) is 25.1. The van der Waals surface area contributed by atoms with Gasteiger partial charge in [0.1, 0.15) is 12.2 Å². The molecule has 1 aliphatic heterocycles. The van der Waals surface area contributed by atoms with Crippen molar-refractivity contribution in [3.63, 3.8) is 0 Å². The summed E-state index contributed by atoms with van der Waals surface area (Å²) < 4.78 is 25.9. The van der Waals surface area contributed by atoms with E-state index in [-0.39, 0.29) is 36.4 Å². The normalized spacial score (nSPS) is 23.0. The summed E-state index contributed by atoms with van der Waals surface area (Å²) in [5.74, 6) is -0.0617. The maximum Gasteiger partial charge on any atom is 0.424 e.